The topological polar surface area (TPSA) is 24.8 Å². The SMILES string of the molecule is C1=C(c2ccccc2)N2C(=NC1c1ccccc1)Oc1cc(-c3cc4ccccc4c4ccccc34)ccc12. The maximum absolute atomic E-state index is 6.51. The van der Waals surface area contributed by atoms with Gasteiger partial charge in [0.15, 0.2) is 5.75 Å². The van der Waals surface area contributed by atoms with E-state index >= 15 is 0 Å². The highest BCUT2D eigenvalue weighted by molar-refractivity contribution is 6.15. The van der Waals surface area contributed by atoms with Crippen LogP contribution in [0.5, 0.6) is 5.75 Å². The Hall–Kier alpha value is -5.15. The first kappa shape index (κ1) is 21.9. The van der Waals surface area contributed by atoms with E-state index in [9.17, 15) is 0 Å². The molecule has 3 heteroatoms. The van der Waals surface area contributed by atoms with Crippen molar-refractivity contribution in [1.29, 1.82) is 0 Å². The molecule has 1 atom stereocenters. The predicted molar refractivity (Wildman–Crippen MR) is 161 cm³/mol. The van der Waals surface area contributed by atoms with Gasteiger partial charge in [0, 0.05) is 0 Å². The quantitative estimate of drug-likeness (QED) is 0.227. The molecule has 0 amide bonds. The molecule has 0 aromatic heterocycles. The van der Waals surface area contributed by atoms with Gasteiger partial charge in [0.25, 0.3) is 0 Å². The number of benzene rings is 6. The van der Waals surface area contributed by atoms with E-state index in [4.69, 9.17) is 9.73 Å². The molecule has 2 aliphatic heterocycles. The maximum atomic E-state index is 6.51. The third-order valence-corrected chi connectivity index (χ3v) is 7.69. The van der Waals surface area contributed by atoms with Gasteiger partial charge in [0.05, 0.1) is 11.4 Å². The molecule has 0 radical (unpaired) electrons. The number of amidine groups is 1. The van der Waals surface area contributed by atoms with E-state index in [2.05, 4.69) is 132 Å². The van der Waals surface area contributed by atoms with Crippen LogP contribution in [0.3, 0.4) is 0 Å². The lowest BCUT2D eigenvalue weighted by atomic mass is 9.93. The Balaban J connectivity index is 1.28. The van der Waals surface area contributed by atoms with Crippen molar-refractivity contribution >= 4 is 39.0 Å². The minimum Gasteiger partial charge on any atom is -0.423 e. The summed E-state index contributed by atoms with van der Waals surface area (Å²) in [5.74, 6) is 0.819. The number of aliphatic imine (C=N–C) groups is 1. The van der Waals surface area contributed by atoms with Gasteiger partial charge in [-0.15, -0.1) is 0 Å². The van der Waals surface area contributed by atoms with Gasteiger partial charge >= 0.3 is 6.02 Å². The molecule has 0 aliphatic carbocycles. The fraction of sp³-hybridized carbons (Fsp3) is 0.0278. The number of hydrogen-bond donors (Lipinski definition) is 0. The molecule has 184 valence electrons. The van der Waals surface area contributed by atoms with Gasteiger partial charge in [-0.3, -0.25) is 4.90 Å². The highest BCUT2D eigenvalue weighted by Gasteiger charge is 2.35. The average Bonchev–Trinajstić information content (AvgIpc) is 3.39. The van der Waals surface area contributed by atoms with Crippen LogP contribution in [-0.4, -0.2) is 6.02 Å². The molecule has 0 fully saturated rings. The molecule has 2 heterocycles. The number of hydrogen-bond acceptors (Lipinski definition) is 3. The van der Waals surface area contributed by atoms with Crippen LogP contribution >= 0.6 is 0 Å². The van der Waals surface area contributed by atoms with Gasteiger partial charge in [-0.05, 0) is 68.1 Å². The van der Waals surface area contributed by atoms with Crippen molar-refractivity contribution in [3.8, 4) is 16.9 Å². The van der Waals surface area contributed by atoms with Crippen LogP contribution < -0.4 is 9.64 Å². The van der Waals surface area contributed by atoms with Crippen molar-refractivity contribution in [3.05, 3.63) is 151 Å². The summed E-state index contributed by atoms with van der Waals surface area (Å²) in [7, 11) is 0. The predicted octanol–water partition coefficient (Wildman–Crippen LogP) is 9.01. The Morgan fingerprint density at radius 3 is 2.10 bits per heavy atom. The molecule has 0 spiro atoms. The van der Waals surface area contributed by atoms with Crippen molar-refractivity contribution in [3.63, 3.8) is 0 Å². The Labute approximate surface area is 226 Å². The molecule has 8 rings (SSSR count). The number of rotatable bonds is 3. The third kappa shape index (κ3) is 3.55. The highest BCUT2D eigenvalue weighted by Crippen LogP contribution is 2.46. The van der Waals surface area contributed by atoms with Crippen molar-refractivity contribution in [2.24, 2.45) is 4.99 Å². The summed E-state index contributed by atoms with van der Waals surface area (Å²) in [5, 5.41) is 4.99. The van der Waals surface area contributed by atoms with Gasteiger partial charge in [-0.2, -0.15) is 0 Å². The second-order valence-corrected chi connectivity index (χ2v) is 10.00. The lowest BCUT2D eigenvalue weighted by Gasteiger charge is -2.27. The summed E-state index contributed by atoms with van der Waals surface area (Å²) in [4.78, 5) is 7.19. The second kappa shape index (κ2) is 8.71. The fourth-order valence-corrected chi connectivity index (χ4v) is 5.84. The molecular weight excluding hydrogens is 476 g/mol. The highest BCUT2D eigenvalue weighted by atomic mass is 16.5. The van der Waals surface area contributed by atoms with E-state index in [1.165, 1.54) is 27.1 Å². The van der Waals surface area contributed by atoms with Crippen LogP contribution in [0.4, 0.5) is 5.69 Å². The molecule has 6 aromatic carbocycles. The molecule has 6 aromatic rings. The van der Waals surface area contributed by atoms with Crippen LogP contribution in [0.2, 0.25) is 0 Å². The lowest BCUT2D eigenvalue weighted by Crippen LogP contribution is -2.31. The zero-order chi connectivity index (χ0) is 25.8. The van der Waals surface area contributed by atoms with Gasteiger partial charge in [-0.25, -0.2) is 4.99 Å². The van der Waals surface area contributed by atoms with E-state index in [1.807, 2.05) is 12.1 Å². The van der Waals surface area contributed by atoms with E-state index in [-0.39, 0.29) is 6.04 Å². The van der Waals surface area contributed by atoms with Gasteiger partial charge in [-0.1, -0.05) is 115 Å². The Morgan fingerprint density at radius 1 is 0.590 bits per heavy atom. The molecule has 2 aliphatic rings. The molecule has 3 nitrogen and oxygen atoms in total. The van der Waals surface area contributed by atoms with Gasteiger partial charge < -0.3 is 4.74 Å². The summed E-state index contributed by atoms with van der Waals surface area (Å²) in [6.45, 7) is 0. The average molecular weight is 501 g/mol. The van der Waals surface area contributed by atoms with Crippen LogP contribution in [0.25, 0.3) is 38.4 Å². The second-order valence-electron chi connectivity index (χ2n) is 10.00. The fourth-order valence-electron chi connectivity index (χ4n) is 5.84. The van der Waals surface area contributed by atoms with Crippen molar-refractivity contribution < 1.29 is 4.74 Å². The molecule has 39 heavy (non-hydrogen) atoms. The first-order chi connectivity index (χ1) is 19.3. The Kier molecular flexibility index (Phi) is 4.89. The first-order valence-electron chi connectivity index (χ1n) is 13.3. The van der Waals surface area contributed by atoms with E-state index in [0.29, 0.717) is 6.02 Å². The van der Waals surface area contributed by atoms with Gasteiger partial charge in [0.2, 0.25) is 0 Å². The van der Waals surface area contributed by atoms with Crippen molar-refractivity contribution in [2.45, 2.75) is 6.04 Å². The smallest absolute Gasteiger partial charge is 0.303 e. The summed E-state index contributed by atoms with van der Waals surface area (Å²) < 4.78 is 6.51. The Bertz CT molecular complexity index is 1940. The summed E-state index contributed by atoms with van der Waals surface area (Å²) in [6, 6.07) is 47.4. The van der Waals surface area contributed by atoms with Crippen LogP contribution in [0.15, 0.2) is 145 Å². The first-order valence-corrected chi connectivity index (χ1v) is 13.3. The van der Waals surface area contributed by atoms with Crippen LogP contribution in [0, 0.1) is 0 Å². The standard InChI is InChI=1S/C36H24N2O/c1-3-11-24(12-4-1)32-23-34(25-13-5-2-6-14-25)38-33-20-19-27(22-35(33)39-36(38)37-32)31-21-26-15-7-8-16-28(26)29-17-9-10-18-30(29)31/h1-23,32H. The Morgan fingerprint density at radius 2 is 1.28 bits per heavy atom. The van der Waals surface area contributed by atoms with E-state index in [0.717, 1.165) is 33.8 Å². The monoisotopic (exact) mass is 500 g/mol. The molecule has 0 N–H and O–H groups in total. The zero-order valence-electron chi connectivity index (χ0n) is 21.2. The number of nitrogens with zero attached hydrogens (tertiary/aromatic N) is 2. The van der Waals surface area contributed by atoms with Crippen LogP contribution in [-0.2, 0) is 0 Å². The summed E-state index contributed by atoms with van der Waals surface area (Å²) in [5.41, 5.74) is 6.68. The molecule has 0 saturated carbocycles. The molecule has 1 unspecified atom stereocenters. The van der Waals surface area contributed by atoms with E-state index < -0.39 is 0 Å². The summed E-state index contributed by atoms with van der Waals surface area (Å²) in [6.07, 6.45) is 2.23. The molecule has 0 bridgehead atoms. The number of ether oxygens (including phenoxy) is 1. The zero-order valence-corrected chi connectivity index (χ0v) is 21.2. The van der Waals surface area contributed by atoms with Crippen molar-refractivity contribution in [2.75, 3.05) is 4.90 Å². The lowest BCUT2D eigenvalue weighted by molar-refractivity contribution is 0.556. The maximum Gasteiger partial charge on any atom is 0.303 e. The minimum atomic E-state index is -0.120. The van der Waals surface area contributed by atoms with Crippen molar-refractivity contribution in [1.82, 2.24) is 0 Å². The number of fused-ring (bicyclic) bond motifs is 6. The van der Waals surface area contributed by atoms with Crippen LogP contribution in [0.1, 0.15) is 17.2 Å². The molecular formula is C36H24N2O. The molecule has 0 saturated heterocycles. The normalized spacial score (nSPS) is 15.9. The number of anilines is 1. The largest absolute Gasteiger partial charge is 0.423 e. The minimum absolute atomic E-state index is 0.120. The van der Waals surface area contributed by atoms with E-state index in [1.54, 1.807) is 0 Å². The van der Waals surface area contributed by atoms with Gasteiger partial charge in [0.1, 0.15) is 6.04 Å². The summed E-state index contributed by atoms with van der Waals surface area (Å²) >= 11 is 0. The third-order valence-electron chi connectivity index (χ3n) is 7.69.